The summed E-state index contributed by atoms with van der Waals surface area (Å²) in [5.41, 5.74) is 4.23. The second kappa shape index (κ2) is 7.74. The fourth-order valence-electron chi connectivity index (χ4n) is 3.23. The SMILES string of the molecule is Oc1c(/C=C2\C=Nc3ccccc32)sc(=Nc2cccnc2Cl)n1-c1ccccc1. The van der Waals surface area contributed by atoms with E-state index in [1.807, 2.05) is 66.9 Å². The largest absolute Gasteiger partial charge is 0.493 e. The Morgan fingerprint density at radius 2 is 1.80 bits per heavy atom. The second-order valence-corrected chi connectivity index (χ2v) is 7.91. The molecular formula is C23H15ClN4OS. The van der Waals surface area contributed by atoms with Gasteiger partial charge in [-0.2, -0.15) is 0 Å². The third-order valence-electron chi connectivity index (χ3n) is 4.64. The zero-order valence-corrected chi connectivity index (χ0v) is 17.2. The van der Waals surface area contributed by atoms with Crippen LogP contribution in [0.4, 0.5) is 11.4 Å². The zero-order chi connectivity index (χ0) is 20.5. The Hall–Kier alpha value is -3.48. The average Bonchev–Trinajstić information content (AvgIpc) is 3.32. The number of rotatable bonds is 3. The van der Waals surface area contributed by atoms with E-state index < -0.39 is 0 Å². The Morgan fingerprint density at radius 1 is 1.00 bits per heavy atom. The molecule has 3 heterocycles. The summed E-state index contributed by atoms with van der Waals surface area (Å²) in [7, 11) is 0. The van der Waals surface area contributed by atoms with Crippen molar-refractivity contribution in [2.24, 2.45) is 9.98 Å². The molecule has 0 aliphatic carbocycles. The lowest BCUT2D eigenvalue weighted by Gasteiger charge is -2.05. The molecule has 2 aromatic carbocycles. The molecule has 0 saturated heterocycles. The lowest BCUT2D eigenvalue weighted by molar-refractivity contribution is 0.439. The number of aromatic hydroxyl groups is 1. The smallest absolute Gasteiger partial charge is 0.215 e. The van der Waals surface area contributed by atoms with Gasteiger partial charge in [-0.05, 0) is 36.4 Å². The minimum absolute atomic E-state index is 0.107. The van der Waals surface area contributed by atoms with Crippen molar-refractivity contribution >= 4 is 52.2 Å². The number of allylic oxidation sites excluding steroid dienone is 1. The highest BCUT2D eigenvalue weighted by Crippen LogP contribution is 2.35. The highest BCUT2D eigenvalue weighted by molar-refractivity contribution is 7.10. The predicted molar refractivity (Wildman–Crippen MR) is 122 cm³/mol. The maximum absolute atomic E-state index is 11.1. The lowest BCUT2D eigenvalue weighted by Crippen LogP contribution is -2.11. The molecule has 5 nitrogen and oxygen atoms in total. The van der Waals surface area contributed by atoms with Crippen LogP contribution in [-0.4, -0.2) is 20.9 Å². The van der Waals surface area contributed by atoms with Gasteiger partial charge < -0.3 is 5.11 Å². The maximum Gasteiger partial charge on any atom is 0.215 e. The van der Waals surface area contributed by atoms with Gasteiger partial charge in [0.15, 0.2) is 9.95 Å². The first-order chi connectivity index (χ1) is 14.7. The minimum atomic E-state index is 0.107. The van der Waals surface area contributed by atoms with Crippen LogP contribution in [0.3, 0.4) is 0 Å². The normalized spacial score (nSPS) is 14.4. The summed E-state index contributed by atoms with van der Waals surface area (Å²) in [5.74, 6) is 0.107. The van der Waals surface area contributed by atoms with E-state index in [1.54, 1.807) is 22.9 Å². The van der Waals surface area contributed by atoms with E-state index in [1.165, 1.54) is 11.3 Å². The molecule has 0 unspecified atom stereocenters. The number of halogens is 1. The van der Waals surface area contributed by atoms with E-state index in [4.69, 9.17) is 11.6 Å². The first-order valence-corrected chi connectivity index (χ1v) is 10.4. The summed E-state index contributed by atoms with van der Waals surface area (Å²) in [5, 5.41) is 11.4. The molecule has 146 valence electrons. The van der Waals surface area contributed by atoms with Gasteiger partial charge in [0, 0.05) is 23.5 Å². The van der Waals surface area contributed by atoms with Gasteiger partial charge in [0.05, 0.1) is 16.3 Å². The quantitative estimate of drug-likeness (QED) is 0.418. The van der Waals surface area contributed by atoms with Crippen LogP contribution in [0.1, 0.15) is 10.4 Å². The number of aliphatic imine (C=N–C) groups is 1. The van der Waals surface area contributed by atoms with Crippen LogP contribution < -0.4 is 4.80 Å². The summed E-state index contributed by atoms with van der Waals surface area (Å²) < 4.78 is 1.71. The standard InChI is InChI=1S/C23H15ClN4OS/c24-21-19(11-6-12-25-21)27-23-28(16-7-2-1-3-8-16)22(29)20(30-23)13-15-14-26-18-10-5-4-9-17(15)18/h1-14,29H/b15-13+,27-23?. The van der Waals surface area contributed by atoms with Crippen molar-refractivity contribution in [2.45, 2.75) is 0 Å². The van der Waals surface area contributed by atoms with Crippen LogP contribution in [0.15, 0.2) is 82.9 Å². The Labute approximate surface area is 181 Å². The van der Waals surface area contributed by atoms with Gasteiger partial charge in [-0.3, -0.25) is 9.56 Å². The molecule has 2 aromatic heterocycles. The van der Waals surface area contributed by atoms with Gasteiger partial charge >= 0.3 is 0 Å². The molecule has 7 heteroatoms. The van der Waals surface area contributed by atoms with E-state index in [0.29, 0.717) is 20.5 Å². The van der Waals surface area contributed by atoms with Crippen molar-refractivity contribution in [1.29, 1.82) is 0 Å². The number of aromatic nitrogens is 2. The number of benzene rings is 2. The van der Waals surface area contributed by atoms with E-state index in [2.05, 4.69) is 15.0 Å². The molecule has 0 amide bonds. The zero-order valence-electron chi connectivity index (χ0n) is 15.6. The number of hydrogen-bond acceptors (Lipinski definition) is 5. The van der Waals surface area contributed by atoms with E-state index >= 15 is 0 Å². The molecule has 4 aromatic rings. The highest BCUT2D eigenvalue weighted by atomic mass is 35.5. The third-order valence-corrected chi connectivity index (χ3v) is 5.91. The second-order valence-electron chi connectivity index (χ2n) is 6.54. The summed E-state index contributed by atoms with van der Waals surface area (Å²) >= 11 is 7.58. The first kappa shape index (κ1) is 18.5. The van der Waals surface area contributed by atoms with Crippen LogP contribution in [0.2, 0.25) is 5.15 Å². The number of para-hydroxylation sites is 2. The molecule has 1 N–H and O–H groups in total. The molecule has 0 atom stereocenters. The van der Waals surface area contributed by atoms with Gasteiger partial charge in [-0.15, -0.1) is 0 Å². The molecule has 0 spiro atoms. The van der Waals surface area contributed by atoms with Crippen molar-refractivity contribution < 1.29 is 5.11 Å². The third kappa shape index (κ3) is 3.36. The Kier molecular flexibility index (Phi) is 4.78. The van der Waals surface area contributed by atoms with Gasteiger partial charge in [0.2, 0.25) is 5.88 Å². The summed E-state index contributed by atoms with van der Waals surface area (Å²) in [6, 6.07) is 21.1. The van der Waals surface area contributed by atoms with Crippen LogP contribution in [-0.2, 0) is 0 Å². The predicted octanol–water partition coefficient (Wildman–Crippen LogP) is 5.78. The number of hydrogen-bond donors (Lipinski definition) is 1. The van der Waals surface area contributed by atoms with Crippen molar-refractivity contribution in [3.63, 3.8) is 0 Å². The fraction of sp³-hybridized carbons (Fsp3) is 0. The van der Waals surface area contributed by atoms with E-state index in [-0.39, 0.29) is 5.88 Å². The van der Waals surface area contributed by atoms with Gasteiger partial charge in [-0.1, -0.05) is 59.3 Å². The summed E-state index contributed by atoms with van der Waals surface area (Å²) in [4.78, 5) is 14.5. The number of fused-ring (bicyclic) bond motifs is 1. The highest BCUT2D eigenvalue weighted by Gasteiger charge is 2.17. The van der Waals surface area contributed by atoms with Crippen molar-refractivity contribution in [1.82, 2.24) is 9.55 Å². The van der Waals surface area contributed by atoms with Crippen LogP contribution >= 0.6 is 22.9 Å². The summed E-state index contributed by atoms with van der Waals surface area (Å²) in [6.45, 7) is 0. The maximum atomic E-state index is 11.1. The van der Waals surface area contributed by atoms with Crippen LogP contribution in [0.25, 0.3) is 17.3 Å². The van der Waals surface area contributed by atoms with Crippen molar-refractivity contribution in [3.05, 3.63) is 93.3 Å². The molecule has 1 aliphatic rings. The van der Waals surface area contributed by atoms with E-state index in [0.717, 1.165) is 22.5 Å². The molecular weight excluding hydrogens is 416 g/mol. The average molecular weight is 431 g/mol. The first-order valence-electron chi connectivity index (χ1n) is 9.21. The molecule has 0 saturated carbocycles. The molecule has 30 heavy (non-hydrogen) atoms. The molecule has 5 rings (SSSR count). The molecule has 1 aliphatic heterocycles. The number of thiazole rings is 1. The topological polar surface area (TPSA) is 62.8 Å². The Morgan fingerprint density at radius 3 is 2.63 bits per heavy atom. The fourth-order valence-corrected chi connectivity index (χ4v) is 4.38. The number of nitrogens with zero attached hydrogens (tertiary/aromatic N) is 4. The van der Waals surface area contributed by atoms with Crippen molar-refractivity contribution in [2.75, 3.05) is 0 Å². The van der Waals surface area contributed by atoms with Gasteiger partial charge in [0.25, 0.3) is 0 Å². The van der Waals surface area contributed by atoms with Crippen molar-refractivity contribution in [3.8, 4) is 11.6 Å². The van der Waals surface area contributed by atoms with Crippen LogP contribution in [0.5, 0.6) is 5.88 Å². The molecule has 0 bridgehead atoms. The number of pyridine rings is 1. The van der Waals surface area contributed by atoms with Gasteiger partial charge in [-0.25, -0.2) is 9.98 Å². The Balaban J connectivity index is 1.72. The summed E-state index contributed by atoms with van der Waals surface area (Å²) in [6.07, 6.45) is 5.36. The van der Waals surface area contributed by atoms with Gasteiger partial charge in [0.1, 0.15) is 5.69 Å². The minimum Gasteiger partial charge on any atom is -0.493 e. The monoisotopic (exact) mass is 430 g/mol. The van der Waals surface area contributed by atoms with E-state index in [9.17, 15) is 5.11 Å². The Bertz CT molecular complexity index is 1370. The molecule has 0 radical (unpaired) electrons. The lowest BCUT2D eigenvalue weighted by atomic mass is 10.1. The molecule has 0 fully saturated rings. The van der Waals surface area contributed by atoms with Crippen LogP contribution in [0, 0.1) is 0 Å².